The average Bonchev–Trinajstić information content (AvgIpc) is 0.676. The zero-order chi connectivity index (χ0) is 73.7. The number of unbranched alkanes of at least 4 members (excludes halogenated alkanes) is 36. The van der Waals surface area contributed by atoms with E-state index in [1.165, 1.54) is 253 Å². The van der Waals surface area contributed by atoms with Gasteiger partial charge < -0.3 is 28.4 Å². The number of fused-ring (bicyclic) bond motifs is 2. The molecule has 0 spiro atoms. The van der Waals surface area contributed by atoms with Gasteiger partial charge in [-0.05, 0) is 146 Å². The second kappa shape index (κ2) is 41.8. The van der Waals surface area contributed by atoms with Gasteiger partial charge in [-0.3, -0.25) is 0 Å². The van der Waals surface area contributed by atoms with Crippen LogP contribution in [0.5, 0.6) is 46.0 Å². The third-order valence-corrected chi connectivity index (χ3v) is 22.3. The molecule has 0 unspecified atom stereocenters. The lowest BCUT2D eigenvalue weighted by Crippen LogP contribution is -2.21. The number of rotatable bonds is 52. The number of cyclic esters (lactones) is 4. The number of hydrogen-bond donors (Lipinski definition) is 0. The van der Waals surface area contributed by atoms with Crippen LogP contribution in [0.15, 0.2) is 121 Å². The van der Waals surface area contributed by atoms with E-state index in [0.29, 0.717) is 66.1 Å². The summed E-state index contributed by atoms with van der Waals surface area (Å²) in [6, 6.07) is 39.2. The second-order valence-electron chi connectivity index (χ2n) is 30.8. The molecule has 10 nitrogen and oxygen atoms in total. The van der Waals surface area contributed by atoms with Crippen molar-refractivity contribution in [3.63, 3.8) is 0 Å². The zero-order valence-electron chi connectivity index (χ0n) is 64.7. The van der Waals surface area contributed by atoms with E-state index in [2.05, 4.69) is 76.2 Å². The number of ether oxygens (including phenoxy) is 6. The molecule has 9 aromatic rings. The number of hydrogen-bond acceptors (Lipinski definition) is 10. The van der Waals surface area contributed by atoms with Gasteiger partial charge in [0.05, 0.1) is 22.3 Å². The predicted molar refractivity (Wildman–Crippen MR) is 435 cm³/mol. The van der Waals surface area contributed by atoms with Crippen molar-refractivity contribution in [3.8, 4) is 46.0 Å². The van der Waals surface area contributed by atoms with Crippen molar-refractivity contribution >= 4 is 67.0 Å². The molecule has 0 aliphatic carbocycles. The Hall–Kier alpha value is -8.24. The first kappa shape index (κ1) is 78.8. The van der Waals surface area contributed by atoms with E-state index in [4.69, 9.17) is 28.4 Å². The van der Waals surface area contributed by atoms with Gasteiger partial charge in [0.15, 0.2) is 0 Å². The van der Waals surface area contributed by atoms with Crippen LogP contribution in [-0.4, -0.2) is 23.9 Å². The molecule has 106 heavy (non-hydrogen) atoms. The molecule has 10 heteroatoms. The van der Waals surface area contributed by atoms with Crippen molar-refractivity contribution in [1.29, 1.82) is 0 Å². The number of benzene rings is 9. The summed E-state index contributed by atoms with van der Waals surface area (Å²) in [5.41, 5.74) is 5.26. The lowest BCUT2D eigenvalue weighted by atomic mass is 9.82. The largest absolute Gasteiger partial charge is 0.457 e. The molecule has 9 aromatic carbocycles. The summed E-state index contributed by atoms with van der Waals surface area (Å²) in [6.45, 7) is 9.06. The first-order valence-electron chi connectivity index (χ1n) is 42.1. The quantitative estimate of drug-likeness (QED) is 0.0120. The average molecular weight is 1430 g/mol. The van der Waals surface area contributed by atoms with Gasteiger partial charge in [0.2, 0.25) is 0 Å². The van der Waals surface area contributed by atoms with Crippen molar-refractivity contribution in [1.82, 2.24) is 0 Å². The van der Waals surface area contributed by atoms with Crippen LogP contribution in [0.3, 0.4) is 0 Å². The molecular weight excluding hydrogens is 1310 g/mol. The molecule has 0 fully saturated rings. The maximum Gasteiger partial charge on any atom is 0.346 e. The maximum atomic E-state index is 14.7. The molecule has 564 valence electrons. The topological polar surface area (TPSA) is 124 Å². The number of carbonyl (C=O) groups excluding carboxylic acids is 4. The monoisotopic (exact) mass is 1430 g/mol. The van der Waals surface area contributed by atoms with Crippen LogP contribution in [0.1, 0.15) is 348 Å². The van der Waals surface area contributed by atoms with E-state index < -0.39 is 23.9 Å². The molecule has 0 atom stereocenters. The fourth-order valence-electron chi connectivity index (χ4n) is 16.2. The minimum absolute atomic E-state index is 0.124. The first-order chi connectivity index (χ1) is 52.1. The molecule has 0 bridgehead atoms. The lowest BCUT2D eigenvalue weighted by Gasteiger charge is -2.28. The highest BCUT2D eigenvalue weighted by molar-refractivity contribution is 6.43. The highest BCUT2D eigenvalue weighted by Gasteiger charge is 2.39. The Balaban J connectivity index is 1.01. The van der Waals surface area contributed by atoms with E-state index in [9.17, 15) is 19.2 Å². The summed E-state index contributed by atoms with van der Waals surface area (Å²) in [7, 11) is 0. The normalized spacial score (nSPS) is 12.7. The van der Waals surface area contributed by atoms with Gasteiger partial charge >= 0.3 is 23.9 Å². The van der Waals surface area contributed by atoms with Crippen molar-refractivity contribution in [2.24, 2.45) is 0 Å². The Kier molecular flexibility index (Phi) is 31.1. The summed E-state index contributed by atoms with van der Waals surface area (Å²) in [5, 5.41) is 3.42. The minimum Gasteiger partial charge on any atom is -0.457 e. The van der Waals surface area contributed by atoms with E-state index >= 15 is 0 Å². The number of aryl methyl sites for hydroxylation is 4. The van der Waals surface area contributed by atoms with Gasteiger partial charge in [0, 0.05) is 43.1 Å². The first-order valence-corrected chi connectivity index (χ1v) is 42.1. The van der Waals surface area contributed by atoms with Crippen LogP contribution in [0.25, 0.3) is 43.1 Å². The summed E-state index contributed by atoms with van der Waals surface area (Å²) in [4.78, 5) is 58.7. The molecule has 0 radical (unpaired) electrons. The number of esters is 4. The Morgan fingerprint density at radius 3 is 0.557 bits per heavy atom. The highest BCUT2D eigenvalue weighted by atomic mass is 16.6. The Morgan fingerprint density at radius 1 is 0.208 bits per heavy atom. The molecule has 0 saturated heterocycles. The zero-order valence-corrected chi connectivity index (χ0v) is 64.7. The molecule has 0 aromatic heterocycles. The number of carbonyl (C=O) groups is 4. The standard InChI is InChI=1S/C96H120O10/c1-5-9-13-17-21-25-29-33-37-41-45-69-49-57-73(58-50-69)101-81-65-77-85-78(94(98)105-93(77)97)67-83(103-75-61-53-71(54-62-75)47-43-39-35-31-27-23-19-15-11-7-3)89-90-84(104-76-63-55-72(56-64-76)48-44-40-36-32-28-24-20-16-12-8-4)68-80-86-79(95(99)106-96(80)100)66-82(88(92(86)90)87(81)91(85)89)102-74-59-51-70(52-60-74)46-42-38-34-30-26-22-18-14-10-6-2/h49-68H,5-48H2,1-4H3. The molecular formula is C96H120O10. The van der Waals surface area contributed by atoms with Crippen LogP contribution in [0.2, 0.25) is 0 Å². The Morgan fingerprint density at radius 2 is 0.377 bits per heavy atom. The molecule has 0 amide bonds. The van der Waals surface area contributed by atoms with Crippen LogP contribution >= 0.6 is 0 Å². The smallest absolute Gasteiger partial charge is 0.346 e. The third kappa shape index (κ3) is 21.5. The maximum absolute atomic E-state index is 14.7. The highest BCUT2D eigenvalue weighted by Crippen LogP contribution is 2.58. The molecule has 2 aliphatic rings. The predicted octanol–water partition coefficient (Wildman–Crippen LogP) is 29.4. The van der Waals surface area contributed by atoms with Gasteiger partial charge in [-0.25, -0.2) is 19.2 Å². The van der Waals surface area contributed by atoms with Crippen LogP contribution in [0, 0.1) is 0 Å². The Bertz CT molecular complexity index is 3720. The van der Waals surface area contributed by atoms with Gasteiger partial charge in [0.25, 0.3) is 0 Å². The van der Waals surface area contributed by atoms with E-state index in [1.54, 1.807) is 24.3 Å². The molecule has 2 aliphatic heterocycles. The SMILES string of the molecule is CCCCCCCCCCCCc1ccc(Oc2cc3c4c(cc(Oc5ccc(CCCCCCCCCCCC)cc5)c5c6c(Oc7ccc(CCCCCCCCCCCC)cc7)cc7c8c(cc(Oc9ccc(CCCCCCCCCCCC)cc9)c(c2c45)c86)C(=O)OC7=O)C(=O)OC3=O)cc1. The molecule has 2 heterocycles. The third-order valence-electron chi connectivity index (χ3n) is 22.3. The fraction of sp³-hybridized carbons (Fsp3) is 0.500. The second-order valence-corrected chi connectivity index (χ2v) is 30.8. The summed E-state index contributed by atoms with van der Waals surface area (Å²) in [6.07, 6.45) is 54.1. The van der Waals surface area contributed by atoms with Crippen molar-refractivity contribution in [2.75, 3.05) is 0 Å². The van der Waals surface area contributed by atoms with E-state index in [0.717, 1.165) is 51.4 Å². The summed E-state index contributed by atoms with van der Waals surface area (Å²) >= 11 is 0. The van der Waals surface area contributed by atoms with Gasteiger partial charge in [-0.2, -0.15) is 0 Å². The van der Waals surface area contributed by atoms with Crippen molar-refractivity contribution in [3.05, 3.63) is 166 Å². The van der Waals surface area contributed by atoms with Crippen molar-refractivity contribution in [2.45, 2.75) is 310 Å². The van der Waals surface area contributed by atoms with E-state index in [-0.39, 0.29) is 45.3 Å². The van der Waals surface area contributed by atoms with Gasteiger partial charge in [-0.15, -0.1) is 0 Å². The van der Waals surface area contributed by atoms with Crippen LogP contribution in [0.4, 0.5) is 0 Å². The minimum atomic E-state index is -0.827. The summed E-state index contributed by atoms with van der Waals surface area (Å²) in [5.74, 6) is -0.252. The van der Waals surface area contributed by atoms with Gasteiger partial charge in [0.1, 0.15) is 46.0 Å². The molecule has 0 N–H and O–H groups in total. The van der Waals surface area contributed by atoms with Gasteiger partial charge in [-0.1, -0.05) is 307 Å². The Labute approximate surface area is 633 Å². The van der Waals surface area contributed by atoms with Crippen LogP contribution in [-0.2, 0) is 35.2 Å². The lowest BCUT2D eigenvalue weighted by molar-refractivity contribution is 0.0373. The van der Waals surface area contributed by atoms with Crippen molar-refractivity contribution < 1.29 is 47.6 Å². The fourth-order valence-corrected chi connectivity index (χ4v) is 16.2. The molecule has 0 saturated carbocycles. The molecule has 11 rings (SSSR count). The summed E-state index contributed by atoms with van der Waals surface area (Å²) < 4.78 is 40.2. The van der Waals surface area contributed by atoms with E-state index in [1.807, 2.05) is 48.5 Å². The van der Waals surface area contributed by atoms with Crippen LogP contribution < -0.4 is 18.9 Å².